The first kappa shape index (κ1) is 13.2. The fourth-order valence-corrected chi connectivity index (χ4v) is 4.61. The van der Waals surface area contributed by atoms with Crippen molar-refractivity contribution in [1.29, 1.82) is 0 Å². The number of hydrogen-bond donors (Lipinski definition) is 1. The van der Waals surface area contributed by atoms with E-state index in [2.05, 4.69) is 5.32 Å². The Hall–Kier alpha value is -0.840. The molecule has 1 aromatic carbocycles. The van der Waals surface area contributed by atoms with E-state index < -0.39 is 11.7 Å². The molecule has 2 unspecified atom stereocenters. The summed E-state index contributed by atoms with van der Waals surface area (Å²) in [5, 5.41) is 3.45. The van der Waals surface area contributed by atoms with Crippen LogP contribution in [0.1, 0.15) is 36.3 Å². The third-order valence-electron chi connectivity index (χ3n) is 3.97. The molecule has 104 valence electrons. The van der Waals surface area contributed by atoms with Gasteiger partial charge in [0.2, 0.25) is 0 Å². The summed E-state index contributed by atoms with van der Waals surface area (Å²) in [6.45, 7) is 0.641. The van der Waals surface area contributed by atoms with Gasteiger partial charge in [-0.1, -0.05) is 12.1 Å². The van der Waals surface area contributed by atoms with Crippen LogP contribution in [0.4, 0.5) is 18.9 Å². The Morgan fingerprint density at radius 3 is 2.74 bits per heavy atom. The summed E-state index contributed by atoms with van der Waals surface area (Å²) < 4.78 is 39.1. The van der Waals surface area contributed by atoms with E-state index in [4.69, 9.17) is 0 Å². The van der Waals surface area contributed by atoms with Gasteiger partial charge in [0.25, 0.3) is 0 Å². The van der Waals surface area contributed by atoms with Gasteiger partial charge in [0.05, 0.1) is 5.56 Å². The van der Waals surface area contributed by atoms with Crippen molar-refractivity contribution >= 4 is 17.4 Å². The summed E-state index contributed by atoms with van der Waals surface area (Å²) >= 11 is 1.92. The lowest BCUT2D eigenvalue weighted by molar-refractivity contribution is -0.137. The molecule has 0 radical (unpaired) electrons. The van der Waals surface area contributed by atoms with Crippen molar-refractivity contribution in [2.75, 3.05) is 17.6 Å². The Kier molecular flexibility index (Phi) is 3.41. The van der Waals surface area contributed by atoms with Crippen LogP contribution in [0.15, 0.2) is 18.2 Å². The maximum absolute atomic E-state index is 13.0. The molecule has 0 aliphatic carbocycles. The van der Waals surface area contributed by atoms with Gasteiger partial charge in [0.15, 0.2) is 0 Å². The predicted molar refractivity (Wildman–Crippen MR) is 72.8 cm³/mol. The maximum atomic E-state index is 13.0. The molecular formula is C14H16F3NS. The number of benzene rings is 1. The Morgan fingerprint density at radius 2 is 2.05 bits per heavy atom. The van der Waals surface area contributed by atoms with Crippen LogP contribution in [0, 0.1) is 0 Å². The number of thioether (sulfide) groups is 1. The fourth-order valence-electron chi connectivity index (χ4n) is 3.13. The summed E-state index contributed by atoms with van der Waals surface area (Å²) in [4.78, 5) is 0. The van der Waals surface area contributed by atoms with Crippen molar-refractivity contribution in [2.24, 2.45) is 0 Å². The van der Waals surface area contributed by atoms with Crippen LogP contribution in [-0.4, -0.2) is 17.5 Å². The van der Waals surface area contributed by atoms with Gasteiger partial charge in [-0.15, -0.1) is 0 Å². The van der Waals surface area contributed by atoms with Crippen molar-refractivity contribution in [3.05, 3.63) is 29.3 Å². The number of alkyl halides is 3. The van der Waals surface area contributed by atoms with E-state index in [1.54, 1.807) is 6.07 Å². The van der Waals surface area contributed by atoms with Crippen LogP contribution in [-0.2, 0) is 6.18 Å². The molecule has 0 amide bonds. The maximum Gasteiger partial charge on any atom is 0.418 e. The summed E-state index contributed by atoms with van der Waals surface area (Å²) in [5.41, 5.74) is 0.664. The lowest BCUT2D eigenvalue weighted by atomic mass is 9.85. The summed E-state index contributed by atoms with van der Waals surface area (Å²) in [6.07, 6.45) is -1.02. The predicted octanol–water partition coefficient (Wildman–Crippen LogP) is 4.50. The molecule has 5 heteroatoms. The quantitative estimate of drug-likeness (QED) is 0.816. The first-order valence-corrected chi connectivity index (χ1v) is 7.68. The molecule has 1 aromatic rings. The first-order chi connectivity index (χ1) is 9.07. The standard InChI is InChI=1S/C14H16F3NS/c15-14(16,17)11-4-1-3-10-9(6-7-18-13(10)11)12-5-2-8-19-12/h1,3-4,9,12,18H,2,5-8H2. The van der Waals surface area contributed by atoms with Gasteiger partial charge in [-0.05, 0) is 42.6 Å². The van der Waals surface area contributed by atoms with Gasteiger partial charge < -0.3 is 5.32 Å². The van der Waals surface area contributed by atoms with E-state index in [0.717, 1.165) is 24.2 Å². The van der Waals surface area contributed by atoms with Crippen molar-refractivity contribution in [3.8, 4) is 0 Å². The van der Waals surface area contributed by atoms with Gasteiger partial charge >= 0.3 is 6.18 Å². The van der Waals surface area contributed by atoms with E-state index in [9.17, 15) is 13.2 Å². The van der Waals surface area contributed by atoms with Crippen molar-refractivity contribution in [3.63, 3.8) is 0 Å². The molecule has 19 heavy (non-hydrogen) atoms. The highest BCUT2D eigenvalue weighted by Crippen LogP contribution is 2.47. The minimum Gasteiger partial charge on any atom is -0.384 e. The molecule has 1 fully saturated rings. The van der Waals surface area contributed by atoms with E-state index in [-0.39, 0.29) is 5.92 Å². The SMILES string of the molecule is FC(F)(F)c1cccc2c1NCCC2C1CCCS1. The minimum atomic E-state index is -4.27. The number of nitrogens with one attached hydrogen (secondary N) is 1. The lowest BCUT2D eigenvalue weighted by Crippen LogP contribution is -2.25. The van der Waals surface area contributed by atoms with Crippen LogP contribution < -0.4 is 5.32 Å². The first-order valence-electron chi connectivity index (χ1n) is 6.63. The number of fused-ring (bicyclic) bond motifs is 1. The minimum absolute atomic E-state index is 0.269. The number of hydrogen-bond acceptors (Lipinski definition) is 2. The third-order valence-corrected chi connectivity index (χ3v) is 5.49. The molecule has 1 saturated heterocycles. The molecule has 0 spiro atoms. The molecule has 0 saturated carbocycles. The van der Waals surface area contributed by atoms with Crippen LogP contribution in [0.2, 0.25) is 0 Å². The van der Waals surface area contributed by atoms with Crippen molar-refractivity contribution in [2.45, 2.75) is 36.6 Å². The Labute approximate surface area is 115 Å². The molecule has 2 atom stereocenters. The van der Waals surface area contributed by atoms with Crippen LogP contribution >= 0.6 is 11.8 Å². The second kappa shape index (κ2) is 4.93. The van der Waals surface area contributed by atoms with E-state index in [1.165, 1.54) is 12.5 Å². The van der Waals surface area contributed by atoms with Crippen molar-refractivity contribution in [1.82, 2.24) is 0 Å². The van der Waals surface area contributed by atoms with Gasteiger partial charge in [-0.3, -0.25) is 0 Å². The second-order valence-electron chi connectivity index (χ2n) is 5.14. The molecule has 2 aliphatic heterocycles. The molecule has 3 rings (SSSR count). The Bertz CT molecular complexity index is 466. The second-order valence-corrected chi connectivity index (χ2v) is 6.49. The van der Waals surface area contributed by atoms with E-state index >= 15 is 0 Å². The number of para-hydroxylation sites is 1. The van der Waals surface area contributed by atoms with Crippen LogP contribution in [0.3, 0.4) is 0 Å². The highest BCUT2D eigenvalue weighted by molar-refractivity contribution is 8.00. The monoisotopic (exact) mass is 287 g/mol. The van der Waals surface area contributed by atoms with E-state index in [1.807, 2.05) is 17.8 Å². The smallest absolute Gasteiger partial charge is 0.384 e. The Morgan fingerprint density at radius 1 is 1.21 bits per heavy atom. The average molecular weight is 287 g/mol. The van der Waals surface area contributed by atoms with Crippen molar-refractivity contribution < 1.29 is 13.2 Å². The topological polar surface area (TPSA) is 12.0 Å². The zero-order valence-corrected chi connectivity index (χ0v) is 11.3. The molecule has 2 aliphatic rings. The fraction of sp³-hybridized carbons (Fsp3) is 0.571. The highest BCUT2D eigenvalue weighted by atomic mass is 32.2. The lowest BCUT2D eigenvalue weighted by Gasteiger charge is -2.32. The molecule has 2 heterocycles. The number of rotatable bonds is 1. The molecule has 1 N–H and O–H groups in total. The summed E-state index contributed by atoms with van der Waals surface area (Å²) in [5.74, 6) is 1.41. The number of anilines is 1. The zero-order chi connectivity index (χ0) is 13.5. The van der Waals surface area contributed by atoms with Gasteiger partial charge in [-0.2, -0.15) is 24.9 Å². The normalized spacial score (nSPS) is 26.9. The van der Waals surface area contributed by atoms with Gasteiger partial charge in [0.1, 0.15) is 0 Å². The summed E-state index contributed by atoms with van der Waals surface area (Å²) in [6, 6.07) is 4.58. The highest BCUT2D eigenvalue weighted by Gasteiger charge is 2.38. The molecule has 0 aromatic heterocycles. The van der Waals surface area contributed by atoms with E-state index in [0.29, 0.717) is 17.5 Å². The van der Waals surface area contributed by atoms with Crippen LogP contribution in [0.25, 0.3) is 0 Å². The zero-order valence-electron chi connectivity index (χ0n) is 10.5. The Balaban J connectivity index is 2.00. The number of halogens is 3. The molecule has 0 bridgehead atoms. The van der Waals surface area contributed by atoms with Crippen LogP contribution in [0.5, 0.6) is 0 Å². The van der Waals surface area contributed by atoms with Gasteiger partial charge in [-0.25, -0.2) is 0 Å². The third kappa shape index (κ3) is 2.45. The summed E-state index contributed by atoms with van der Waals surface area (Å²) in [7, 11) is 0. The van der Waals surface area contributed by atoms with Gasteiger partial charge in [0, 0.05) is 17.5 Å². The molecular weight excluding hydrogens is 271 g/mol. The molecule has 1 nitrogen and oxygen atoms in total. The average Bonchev–Trinajstić information content (AvgIpc) is 2.90. The largest absolute Gasteiger partial charge is 0.418 e.